The van der Waals surface area contributed by atoms with Gasteiger partial charge in [0, 0.05) is 30.3 Å². The van der Waals surface area contributed by atoms with E-state index in [4.69, 9.17) is 0 Å². The molecule has 0 aromatic heterocycles. The Hall–Kier alpha value is -3.08. The van der Waals surface area contributed by atoms with Gasteiger partial charge in [-0.3, -0.25) is 9.59 Å². The highest BCUT2D eigenvalue weighted by Gasteiger charge is 2.38. The van der Waals surface area contributed by atoms with Crippen LogP contribution >= 0.6 is 0 Å². The average molecular weight is 375 g/mol. The fourth-order valence-electron chi connectivity index (χ4n) is 4.10. The molecule has 0 saturated carbocycles. The van der Waals surface area contributed by atoms with E-state index in [-0.39, 0.29) is 23.1 Å². The van der Waals surface area contributed by atoms with Gasteiger partial charge < -0.3 is 16.0 Å². The van der Waals surface area contributed by atoms with Crippen LogP contribution in [0.15, 0.2) is 59.8 Å². The van der Waals surface area contributed by atoms with Crippen LogP contribution in [0.25, 0.3) is 0 Å². The summed E-state index contributed by atoms with van der Waals surface area (Å²) in [6.07, 6.45) is 1.36. The minimum absolute atomic E-state index is 0.0674. The molecule has 3 N–H and O–H groups in total. The zero-order chi connectivity index (χ0) is 19.9. The van der Waals surface area contributed by atoms with Gasteiger partial charge in [-0.1, -0.05) is 38.1 Å². The van der Waals surface area contributed by atoms with E-state index in [9.17, 15) is 9.59 Å². The Kier molecular flexibility index (Phi) is 4.46. The fourth-order valence-corrected chi connectivity index (χ4v) is 4.10. The molecule has 0 unspecified atom stereocenters. The molecule has 144 valence electrons. The highest BCUT2D eigenvalue weighted by Crippen LogP contribution is 2.45. The molecule has 1 aliphatic heterocycles. The van der Waals surface area contributed by atoms with Gasteiger partial charge in [-0.15, -0.1) is 0 Å². The van der Waals surface area contributed by atoms with Crippen molar-refractivity contribution in [2.24, 2.45) is 5.41 Å². The lowest BCUT2D eigenvalue weighted by molar-refractivity contribution is -0.118. The molecule has 0 fully saturated rings. The summed E-state index contributed by atoms with van der Waals surface area (Å²) in [5.41, 5.74) is 5.43. The van der Waals surface area contributed by atoms with E-state index in [1.807, 2.05) is 48.5 Å². The number of anilines is 3. The van der Waals surface area contributed by atoms with Crippen molar-refractivity contribution in [1.82, 2.24) is 0 Å². The number of para-hydroxylation sites is 2. The first kappa shape index (κ1) is 18.3. The zero-order valence-corrected chi connectivity index (χ0v) is 16.4. The molecule has 1 aliphatic carbocycles. The molecule has 0 radical (unpaired) electrons. The number of fused-ring (bicyclic) bond motifs is 1. The number of amides is 1. The van der Waals surface area contributed by atoms with Gasteiger partial charge in [-0.25, -0.2) is 0 Å². The number of hydrogen-bond acceptors (Lipinski definition) is 4. The Morgan fingerprint density at radius 1 is 1.04 bits per heavy atom. The summed E-state index contributed by atoms with van der Waals surface area (Å²) in [5.74, 6) is 0.0724. The van der Waals surface area contributed by atoms with Crippen LogP contribution < -0.4 is 16.0 Å². The molecule has 0 bridgehead atoms. The summed E-state index contributed by atoms with van der Waals surface area (Å²) < 4.78 is 0. The molecule has 2 aliphatic rings. The van der Waals surface area contributed by atoms with Crippen molar-refractivity contribution in [1.29, 1.82) is 0 Å². The minimum atomic E-state index is -0.235. The van der Waals surface area contributed by atoms with Gasteiger partial charge in [0.2, 0.25) is 5.91 Å². The predicted molar refractivity (Wildman–Crippen MR) is 112 cm³/mol. The van der Waals surface area contributed by atoms with Crippen molar-refractivity contribution in [3.63, 3.8) is 0 Å². The summed E-state index contributed by atoms with van der Waals surface area (Å²) in [5, 5.41) is 9.88. The Morgan fingerprint density at radius 2 is 1.71 bits per heavy atom. The largest absolute Gasteiger partial charge is 0.372 e. The maximum atomic E-state index is 13.1. The number of Topliss-reactive ketones (excluding diaryl/α,β-unsaturated/α-hetero) is 1. The highest BCUT2D eigenvalue weighted by molar-refractivity contribution is 6.01. The second kappa shape index (κ2) is 6.82. The van der Waals surface area contributed by atoms with Crippen LogP contribution in [0, 0.1) is 5.41 Å². The molecule has 5 nitrogen and oxygen atoms in total. The monoisotopic (exact) mass is 375 g/mol. The topological polar surface area (TPSA) is 70.2 Å². The first-order valence-corrected chi connectivity index (χ1v) is 9.59. The van der Waals surface area contributed by atoms with Crippen LogP contribution in [0.1, 0.15) is 45.2 Å². The summed E-state index contributed by atoms with van der Waals surface area (Å²) >= 11 is 0. The van der Waals surface area contributed by atoms with Crippen molar-refractivity contribution in [2.45, 2.75) is 39.7 Å². The standard InChI is InChI=1S/C23H25N3O2/c1-14(27)24-16-10-8-15(9-11-16)22-21-19(12-23(2,3)13-20(21)28)25-17-6-4-5-7-18(17)26-22/h4-11,22,25-26H,12-13H2,1-3H3,(H,24,27)/t22-/m0/s1. The van der Waals surface area contributed by atoms with E-state index in [1.54, 1.807) is 0 Å². The van der Waals surface area contributed by atoms with Gasteiger partial charge in [-0.05, 0) is 41.7 Å². The van der Waals surface area contributed by atoms with Crippen molar-refractivity contribution < 1.29 is 9.59 Å². The molecule has 0 saturated heterocycles. The van der Waals surface area contributed by atoms with Gasteiger partial charge in [0.1, 0.15) is 0 Å². The molecular weight excluding hydrogens is 350 g/mol. The normalized spacial score (nSPS) is 20.2. The van der Waals surface area contributed by atoms with Crippen molar-refractivity contribution in [3.05, 3.63) is 65.4 Å². The SMILES string of the molecule is CC(=O)Nc1ccc([C@@H]2Nc3ccccc3NC3=C2C(=O)CC(C)(C)C3)cc1. The number of hydrogen-bond donors (Lipinski definition) is 3. The molecule has 4 rings (SSSR count). The van der Waals surface area contributed by atoms with Crippen molar-refractivity contribution in [2.75, 3.05) is 16.0 Å². The Labute approximate surface area is 165 Å². The van der Waals surface area contributed by atoms with Crippen LogP contribution in [0.3, 0.4) is 0 Å². The smallest absolute Gasteiger partial charge is 0.221 e. The third-order valence-corrected chi connectivity index (χ3v) is 5.29. The second-order valence-electron chi connectivity index (χ2n) is 8.38. The van der Waals surface area contributed by atoms with E-state index in [0.717, 1.165) is 40.3 Å². The van der Waals surface area contributed by atoms with Crippen LogP contribution in [-0.2, 0) is 9.59 Å². The van der Waals surface area contributed by atoms with Crippen LogP contribution in [0.4, 0.5) is 17.1 Å². The van der Waals surface area contributed by atoms with E-state index in [0.29, 0.717) is 6.42 Å². The third kappa shape index (κ3) is 3.52. The quantitative estimate of drug-likeness (QED) is 0.701. The molecule has 2 aromatic rings. The van der Waals surface area contributed by atoms with E-state index in [2.05, 4.69) is 29.8 Å². The Balaban J connectivity index is 1.79. The third-order valence-electron chi connectivity index (χ3n) is 5.29. The maximum Gasteiger partial charge on any atom is 0.221 e. The first-order valence-electron chi connectivity index (χ1n) is 9.59. The molecule has 0 spiro atoms. The summed E-state index contributed by atoms with van der Waals surface area (Å²) in [6, 6.07) is 15.5. The predicted octanol–water partition coefficient (Wildman–Crippen LogP) is 4.87. The van der Waals surface area contributed by atoms with Crippen LogP contribution in [0.2, 0.25) is 0 Å². The lowest BCUT2D eigenvalue weighted by Gasteiger charge is -2.34. The van der Waals surface area contributed by atoms with Gasteiger partial charge >= 0.3 is 0 Å². The number of carbonyl (C=O) groups excluding carboxylic acids is 2. The lowest BCUT2D eigenvalue weighted by Crippen LogP contribution is -2.31. The summed E-state index contributed by atoms with van der Waals surface area (Å²) in [4.78, 5) is 24.4. The van der Waals surface area contributed by atoms with E-state index in [1.165, 1.54) is 6.92 Å². The number of carbonyl (C=O) groups is 2. The van der Waals surface area contributed by atoms with Crippen molar-refractivity contribution in [3.8, 4) is 0 Å². The summed E-state index contributed by atoms with van der Waals surface area (Å²) in [7, 11) is 0. The van der Waals surface area contributed by atoms with Gasteiger partial charge in [0.15, 0.2) is 5.78 Å². The number of ketones is 1. The maximum absolute atomic E-state index is 13.1. The second-order valence-corrected chi connectivity index (χ2v) is 8.38. The Morgan fingerprint density at radius 3 is 2.39 bits per heavy atom. The Bertz CT molecular complexity index is 974. The number of benzene rings is 2. The fraction of sp³-hybridized carbons (Fsp3) is 0.304. The van der Waals surface area contributed by atoms with E-state index < -0.39 is 0 Å². The highest BCUT2D eigenvalue weighted by atomic mass is 16.1. The van der Waals surface area contributed by atoms with Gasteiger partial charge in [0.05, 0.1) is 17.4 Å². The molecule has 1 heterocycles. The molecule has 28 heavy (non-hydrogen) atoms. The molecule has 1 atom stereocenters. The first-order chi connectivity index (χ1) is 13.3. The number of allylic oxidation sites excluding steroid dienone is 1. The minimum Gasteiger partial charge on any atom is -0.372 e. The van der Waals surface area contributed by atoms with Crippen LogP contribution in [-0.4, -0.2) is 11.7 Å². The van der Waals surface area contributed by atoms with E-state index >= 15 is 0 Å². The molecule has 5 heteroatoms. The van der Waals surface area contributed by atoms with Gasteiger partial charge in [-0.2, -0.15) is 0 Å². The molecule has 1 amide bonds. The van der Waals surface area contributed by atoms with Gasteiger partial charge in [0.25, 0.3) is 0 Å². The van der Waals surface area contributed by atoms with Crippen molar-refractivity contribution >= 4 is 28.8 Å². The van der Waals surface area contributed by atoms with Crippen LogP contribution in [0.5, 0.6) is 0 Å². The zero-order valence-electron chi connectivity index (χ0n) is 16.4. The summed E-state index contributed by atoms with van der Waals surface area (Å²) in [6.45, 7) is 5.76. The number of rotatable bonds is 2. The molecule has 2 aromatic carbocycles. The number of nitrogens with one attached hydrogen (secondary N) is 3. The lowest BCUT2D eigenvalue weighted by atomic mass is 9.73. The average Bonchev–Trinajstić information content (AvgIpc) is 2.77. The molecular formula is C23H25N3O2.